The molecule has 6 rings (SSSR count). The van der Waals surface area contributed by atoms with Crippen molar-refractivity contribution >= 4 is 34.4 Å². The molecule has 3 heterocycles. The Balaban J connectivity index is 1.54. The van der Waals surface area contributed by atoms with Crippen molar-refractivity contribution in [3.8, 4) is 0 Å². The van der Waals surface area contributed by atoms with Crippen LogP contribution in [0.5, 0.6) is 0 Å². The van der Waals surface area contributed by atoms with Crippen molar-refractivity contribution in [2.24, 2.45) is 11.8 Å². The molecule has 2 aliphatic heterocycles. The molecule has 1 spiro atoms. The number of aromatic nitrogens is 1. The fourth-order valence-electron chi connectivity index (χ4n) is 6.36. The minimum Gasteiger partial charge on any atom is -0.356 e. The molecule has 2 nitrogen and oxygen atoms in total. The molecule has 2 bridgehead atoms. The van der Waals surface area contributed by atoms with Crippen LogP contribution < -0.4 is 0 Å². The predicted octanol–water partition coefficient (Wildman–Crippen LogP) is 6.79. The number of nitrogens with one attached hydrogen (secondary N) is 1. The van der Waals surface area contributed by atoms with Gasteiger partial charge in [-0.05, 0) is 54.4 Å². The van der Waals surface area contributed by atoms with Gasteiger partial charge in [0, 0.05) is 34.7 Å². The first kappa shape index (κ1) is 19.3. The molecular formula is C26H30N2S2. The van der Waals surface area contributed by atoms with Gasteiger partial charge in [-0.25, -0.2) is 0 Å². The second kappa shape index (κ2) is 7.65. The van der Waals surface area contributed by atoms with Crippen LogP contribution in [0.25, 0.3) is 10.9 Å². The highest BCUT2D eigenvalue weighted by atomic mass is 32.2. The van der Waals surface area contributed by atoms with E-state index in [0.29, 0.717) is 6.04 Å². The van der Waals surface area contributed by atoms with Crippen LogP contribution in [-0.4, -0.2) is 27.9 Å². The van der Waals surface area contributed by atoms with Crippen LogP contribution in [-0.2, 0) is 10.6 Å². The zero-order valence-corrected chi connectivity index (χ0v) is 19.3. The Labute approximate surface area is 188 Å². The second-order valence-corrected chi connectivity index (χ2v) is 12.0. The summed E-state index contributed by atoms with van der Waals surface area (Å²) in [5, 5.41) is 1.46. The van der Waals surface area contributed by atoms with Gasteiger partial charge in [-0.15, -0.1) is 23.5 Å². The molecule has 3 aromatic rings. The number of aromatic amines is 1. The zero-order valence-electron chi connectivity index (χ0n) is 17.6. The van der Waals surface area contributed by atoms with E-state index in [9.17, 15) is 0 Å². The molecule has 0 amide bonds. The van der Waals surface area contributed by atoms with Gasteiger partial charge in [0.05, 0.1) is 0 Å². The maximum absolute atomic E-state index is 3.97. The van der Waals surface area contributed by atoms with Crippen LogP contribution in [0.2, 0.25) is 0 Å². The summed E-state index contributed by atoms with van der Waals surface area (Å²) in [4.78, 5) is 6.76. The van der Waals surface area contributed by atoms with Gasteiger partial charge < -0.3 is 4.98 Å². The Morgan fingerprint density at radius 2 is 1.80 bits per heavy atom. The Kier molecular flexibility index (Phi) is 4.93. The molecule has 0 radical (unpaired) electrons. The maximum Gasteiger partial charge on any atom is 0.104 e. The third-order valence-electron chi connectivity index (χ3n) is 7.54. The summed E-state index contributed by atoms with van der Waals surface area (Å²) in [7, 11) is 0. The first-order valence-corrected chi connectivity index (χ1v) is 13.5. The van der Waals surface area contributed by atoms with E-state index in [-0.39, 0.29) is 4.08 Å². The summed E-state index contributed by atoms with van der Waals surface area (Å²) in [5.41, 5.74) is 5.94. The normalized spacial score (nSPS) is 28.0. The van der Waals surface area contributed by atoms with Crippen molar-refractivity contribution in [3.05, 3.63) is 71.4 Å². The number of para-hydroxylation sites is 1. The SMILES string of the molecule is CCC1[C@@H]2c3c([nH]c4ccccc34)C3(SCCCS3)[C@H]1CCN2Cc1ccccc1. The van der Waals surface area contributed by atoms with Crippen LogP contribution in [0.1, 0.15) is 49.0 Å². The van der Waals surface area contributed by atoms with Crippen molar-refractivity contribution < 1.29 is 0 Å². The van der Waals surface area contributed by atoms with E-state index >= 15 is 0 Å². The van der Waals surface area contributed by atoms with Crippen LogP contribution >= 0.6 is 23.5 Å². The summed E-state index contributed by atoms with van der Waals surface area (Å²) in [6, 6.07) is 20.7. The molecule has 1 aliphatic carbocycles. The fraction of sp³-hybridized carbons (Fsp3) is 0.462. The zero-order chi connectivity index (χ0) is 20.1. The lowest BCUT2D eigenvalue weighted by Crippen LogP contribution is -2.53. The molecule has 2 aromatic carbocycles. The first-order chi connectivity index (χ1) is 14.8. The van der Waals surface area contributed by atoms with E-state index in [1.807, 2.05) is 0 Å². The average molecular weight is 435 g/mol. The summed E-state index contributed by atoms with van der Waals surface area (Å²) < 4.78 is 0.225. The number of rotatable bonds is 3. The van der Waals surface area contributed by atoms with Crippen molar-refractivity contribution in [2.45, 2.75) is 42.9 Å². The summed E-state index contributed by atoms with van der Waals surface area (Å²) in [6.45, 7) is 4.70. The molecule has 156 valence electrons. The molecule has 1 unspecified atom stereocenters. The van der Waals surface area contributed by atoms with Crippen LogP contribution in [0.15, 0.2) is 54.6 Å². The highest BCUT2D eigenvalue weighted by Crippen LogP contribution is 2.67. The first-order valence-electron chi connectivity index (χ1n) is 11.5. The smallest absolute Gasteiger partial charge is 0.104 e. The van der Waals surface area contributed by atoms with Gasteiger partial charge in [0.1, 0.15) is 4.08 Å². The van der Waals surface area contributed by atoms with E-state index in [4.69, 9.17) is 0 Å². The van der Waals surface area contributed by atoms with Gasteiger partial charge >= 0.3 is 0 Å². The minimum absolute atomic E-state index is 0.225. The van der Waals surface area contributed by atoms with E-state index in [2.05, 4.69) is 94.9 Å². The van der Waals surface area contributed by atoms with E-state index < -0.39 is 0 Å². The van der Waals surface area contributed by atoms with Gasteiger partial charge in [0.15, 0.2) is 0 Å². The van der Waals surface area contributed by atoms with Crippen molar-refractivity contribution in [2.75, 3.05) is 18.1 Å². The Bertz CT molecular complexity index is 1040. The van der Waals surface area contributed by atoms with Gasteiger partial charge in [-0.3, -0.25) is 4.90 Å². The van der Waals surface area contributed by atoms with Gasteiger partial charge in [0.2, 0.25) is 0 Å². The molecule has 3 atom stereocenters. The third-order valence-corrected chi connectivity index (χ3v) is 11.1. The molecule has 2 fully saturated rings. The molecule has 3 aliphatic rings. The number of likely N-dealkylation sites (tertiary alicyclic amines) is 1. The number of fused-ring (bicyclic) bond motifs is 8. The fourth-order valence-corrected chi connectivity index (χ4v) is 10.2. The predicted molar refractivity (Wildman–Crippen MR) is 131 cm³/mol. The van der Waals surface area contributed by atoms with Crippen LogP contribution in [0.4, 0.5) is 0 Å². The molecule has 2 saturated heterocycles. The molecular weight excluding hydrogens is 404 g/mol. The highest BCUT2D eigenvalue weighted by molar-refractivity contribution is 8.18. The van der Waals surface area contributed by atoms with Gasteiger partial charge in [-0.1, -0.05) is 61.9 Å². The molecule has 30 heavy (non-hydrogen) atoms. The lowest BCUT2D eigenvalue weighted by Gasteiger charge is -2.57. The third kappa shape index (κ3) is 2.83. The number of nitrogens with zero attached hydrogens (tertiary/aromatic N) is 1. The number of benzene rings is 2. The Hall–Kier alpha value is -1.36. The van der Waals surface area contributed by atoms with Crippen molar-refractivity contribution in [1.29, 1.82) is 0 Å². The quantitative estimate of drug-likeness (QED) is 0.489. The Morgan fingerprint density at radius 1 is 1.03 bits per heavy atom. The second-order valence-electron chi connectivity index (χ2n) is 9.05. The standard InChI is InChI=1S/C26H30N2S2/c1-2-19-21-13-14-28(17-18-9-4-3-5-10-18)24(19)23-20-11-6-7-12-22(20)27-25(23)26(21)29-15-8-16-30-26/h3-7,9-12,19,21,24,27H,2,8,13-17H2,1H3/t19?,21-,24+/m0/s1. The van der Waals surface area contributed by atoms with Crippen molar-refractivity contribution in [1.82, 2.24) is 9.88 Å². The van der Waals surface area contributed by atoms with Crippen LogP contribution in [0.3, 0.4) is 0 Å². The summed E-state index contributed by atoms with van der Waals surface area (Å²) >= 11 is 4.50. The summed E-state index contributed by atoms with van der Waals surface area (Å²) in [5.74, 6) is 4.09. The monoisotopic (exact) mass is 434 g/mol. The summed E-state index contributed by atoms with van der Waals surface area (Å²) in [6.07, 6.45) is 3.93. The molecule has 1 aromatic heterocycles. The number of hydrogen-bond acceptors (Lipinski definition) is 3. The number of hydrogen-bond donors (Lipinski definition) is 1. The highest BCUT2D eigenvalue weighted by Gasteiger charge is 2.57. The van der Waals surface area contributed by atoms with Gasteiger partial charge in [-0.2, -0.15) is 0 Å². The molecule has 4 heteroatoms. The minimum atomic E-state index is 0.225. The maximum atomic E-state index is 3.97. The Morgan fingerprint density at radius 3 is 2.60 bits per heavy atom. The van der Waals surface area contributed by atoms with E-state index in [0.717, 1.165) is 18.4 Å². The lowest BCUT2D eigenvalue weighted by molar-refractivity contribution is 0.0211. The van der Waals surface area contributed by atoms with Gasteiger partial charge in [0.25, 0.3) is 0 Å². The van der Waals surface area contributed by atoms with E-state index in [1.54, 1.807) is 11.3 Å². The largest absolute Gasteiger partial charge is 0.356 e. The number of piperidine rings is 1. The molecule has 0 saturated carbocycles. The van der Waals surface area contributed by atoms with Crippen molar-refractivity contribution in [3.63, 3.8) is 0 Å². The average Bonchev–Trinajstić information content (AvgIpc) is 3.19. The van der Waals surface area contributed by atoms with E-state index in [1.165, 1.54) is 53.8 Å². The molecule has 1 N–H and O–H groups in total. The lowest BCUT2D eigenvalue weighted by atomic mass is 9.67. The number of H-pyrrole nitrogens is 1. The number of thioether (sulfide) groups is 2. The van der Waals surface area contributed by atoms with Crippen LogP contribution in [0, 0.1) is 11.8 Å². The topological polar surface area (TPSA) is 19.0 Å².